The van der Waals surface area contributed by atoms with Crippen molar-refractivity contribution in [1.29, 1.82) is 0 Å². The topological polar surface area (TPSA) is 61.7 Å². The Morgan fingerprint density at radius 3 is 2.54 bits per heavy atom. The molecule has 0 fully saturated rings. The number of thioether (sulfide) groups is 1. The number of benzene rings is 1. The van der Waals surface area contributed by atoms with Gasteiger partial charge in [-0.05, 0) is 49.7 Å². The van der Waals surface area contributed by atoms with E-state index in [2.05, 4.69) is 52.6 Å². The average Bonchev–Trinajstić information content (AvgIpc) is 3.35. The molecule has 6 nitrogen and oxygen atoms in total. The maximum Gasteiger partial charge on any atom is 0.200 e. The minimum absolute atomic E-state index is 0.723. The molecule has 7 heteroatoms. The lowest BCUT2D eigenvalue weighted by atomic mass is 10.2. The first kappa shape index (κ1) is 16.7. The minimum atomic E-state index is 0.723. The van der Waals surface area contributed by atoms with E-state index in [1.165, 1.54) is 5.56 Å². The van der Waals surface area contributed by atoms with E-state index in [0.717, 1.165) is 39.6 Å². The zero-order chi connectivity index (χ0) is 18.1. The molecular formula is C19H19N5OS. The van der Waals surface area contributed by atoms with E-state index in [1.54, 1.807) is 18.0 Å². The van der Waals surface area contributed by atoms with E-state index in [9.17, 15) is 0 Å². The summed E-state index contributed by atoms with van der Waals surface area (Å²) < 4.78 is 9.32. The van der Waals surface area contributed by atoms with Crippen LogP contribution in [0.5, 0.6) is 0 Å². The molecule has 132 valence electrons. The Morgan fingerprint density at radius 1 is 1.08 bits per heavy atom. The molecule has 1 aromatic carbocycles. The molecule has 0 spiro atoms. The minimum Gasteiger partial charge on any atom is -0.461 e. The van der Waals surface area contributed by atoms with E-state index in [1.807, 2.05) is 35.4 Å². The fourth-order valence-corrected chi connectivity index (χ4v) is 3.70. The first-order chi connectivity index (χ1) is 12.6. The second kappa shape index (κ2) is 6.84. The highest BCUT2D eigenvalue weighted by Gasteiger charge is 2.13. The number of nitrogens with zero attached hydrogens (tertiary/aromatic N) is 5. The molecular weight excluding hydrogens is 346 g/mol. The molecule has 0 radical (unpaired) electrons. The first-order valence-corrected chi connectivity index (χ1v) is 9.29. The maximum absolute atomic E-state index is 5.40. The van der Waals surface area contributed by atoms with Gasteiger partial charge in [0.2, 0.25) is 0 Å². The van der Waals surface area contributed by atoms with Crippen LogP contribution in [0.1, 0.15) is 17.0 Å². The summed E-state index contributed by atoms with van der Waals surface area (Å²) in [5.41, 5.74) is 4.46. The molecule has 0 aliphatic carbocycles. The Morgan fingerprint density at radius 2 is 1.88 bits per heavy atom. The molecule has 0 atom stereocenters. The van der Waals surface area contributed by atoms with Crippen LogP contribution in [0.4, 0.5) is 0 Å². The molecule has 0 saturated carbocycles. The third kappa shape index (κ3) is 3.17. The van der Waals surface area contributed by atoms with E-state index in [0.29, 0.717) is 0 Å². The van der Waals surface area contributed by atoms with Gasteiger partial charge in [-0.15, -0.1) is 10.2 Å². The van der Waals surface area contributed by atoms with Crippen molar-refractivity contribution in [2.45, 2.75) is 24.8 Å². The monoisotopic (exact) mass is 365 g/mol. The highest BCUT2D eigenvalue weighted by Crippen LogP contribution is 2.25. The van der Waals surface area contributed by atoms with Crippen LogP contribution in [0.25, 0.3) is 17.3 Å². The number of furan rings is 1. The van der Waals surface area contributed by atoms with Crippen molar-refractivity contribution in [3.8, 4) is 17.3 Å². The van der Waals surface area contributed by atoms with E-state index < -0.39 is 0 Å². The Bertz CT molecular complexity index is 1020. The van der Waals surface area contributed by atoms with Crippen LogP contribution in [0.2, 0.25) is 0 Å². The summed E-state index contributed by atoms with van der Waals surface area (Å²) in [4.78, 5) is 0. The largest absolute Gasteiger partial charge is 0.461 e. The first-order valence-electron chi connectivity index (χ1n) is 8.30. The smallest absolute Gasteiger partial charge is 0.200 e. The third-order valence-electron chi connectivity index (χ3n) is 4.13. The fraction of sp³-hybridized carbons (Fsp3) is 0.211. The van der Waals surface area contributed by atoms with Crippen molar-refractivity contribution >= 4 is 11.8 Å². The second-order valence-electron chi connectivity index (χ2n) is 6.14. The Hall–Kier alpha value is -2.80. The lowest BCUT2D eigenvalue weighted by Crippen LogP contribution is -1.99. The molecule has 0 bridgehead atoms. The van der Waals surface area contributed by atoms with Crippen LogP contribution < -0.4 is 0 Å². The third-order valence-corrected chi connectivity index (χ3v) is 5.23. The number of hydrogen-bond donors (Lipinski definition) is 0. The Balaban J connectivity index is 1.46. The molecule has 3 heterocycles. The maximum atomic E-state index is 5.40. The molecule has 0 N–H and O–H groups in total. The van der Waals surface area contributed by atoms with Gasteiger partial charge in [-0.1, -0.05) is 23.9 Å². The molecule has 0 aliphatic rings. The summed E-state index contributed by atoms with van der Waals surface area (Å²) in [5.74, 6) is 2.28. The SMILES string of the molecule is Cc1cc(C)n(-c2ccc(CSc3nnc(-c4ccco4)n3C)cc2)n1. The molecule has 3 aromatic heterocycles. The lowest BCUT2D eigenvalue weighted by molar-refractivity contribution is 0.572. The summed E-state index contributed by atoms with van der Waals surface area (Å²) in [6.45, 7) is 4.07. The summed E-state index contributed by atoms with van der Waals surface area (Å²) in [6, 6.07) is 14.3. The zero-order valence-electron chi connectivity index (χ0n) is 14.9. The van der Waals surface area contributed by atoms with Gasteiger partial charge in [0.1, 0.15) is 0 Å². The standard InChI is InChI=1S/C19H19N5OS/c1-13-11-14(2)24(22-13)16-8-6-15(7-9-16)12-26-19-21-20-18(23(19)3)17-5-4-10-25-17/h4-11H,12H2,1-3H3. The van der Waals surface area contributed by atoms with Crippen LogP contribution in [-0.4, -0.2) is 24.5 Å². The number of rotatable bonds is 5. The van der Waals surface area contributed by atoms with E-state index in [4.69, 9.17) is 4.42 Å². The summed E-state index contributed by atoms with van der Waals surface area (Å²) in [5, 5.41) is 13.9. The Kier molecular flexibility index (Phi) is 4.38. The van der Waals surface area contributed by atoms with Gasteiger partial charge in [0.05, 0.1) is 17.6 Å². The predicted octanol–water partition coefficient (Wildman–Crippen LogP) is 4.17. The molecule has 0 unspecified atom stereocenters. The predicted molar refractivity (Wildman–Crippen MR) is 101 cm³/mol. The van der Waals surface area contributed by atoms with Gasteiger partial charge < -0.3 is 8.98 Å². The van der Waals surface area contributed by atoms with Crippen LogP contribution in [-0.2, 0) is 12.8 Å². The quantitative estimate of drug-likeness (QED) is 0.497. The zero-order valence-corrected chi connectivity index (χ0v) is 15.7. The number of aryl methyl sites for hydroxylation is 2. The van der Waals surface area contributed by atoms with Gasteiger partial charge in [-0.25, -0.2) is 4.68 Å². The van der Waals surface area contributed by atoms with Crippen LogP contribution in [0.15, 0.2) is 58.3 Å². The normalized spacial score (nSPS) is 11.2. The van der Waals surface area contributed by atoms with Crippen molar-refractivity contribution in [2.24, 2.45) is 7.05 Å². The summed E-state index contributed by atoms with van der Waals surface area (Å²) in [7, 11) is 1.95. The molecule has 26 heavy (non-hydrogen) atoms. The summed E-state index contributed by atoms with van der Waals surface area (Å²) in [6.07, 6.45) is 1.64. The van der Waals surface area contributed by atoms with Crippen LogP contribution >= 0.6 is 11.8 Å². The summed E-state index contributed by atoms with van der Waals surface area (Å²) >= 11 is 1.65. The molecule has 0 amide bonds. The van der Waals surface area contributed by atoms with Crippen molar-refractivity contribution in [1.82, 2.24) is 24.5 Å². The van der Waals surface area contributed by atoms with Gasteiger partial charge in [-0.3, -0.25) is 0 Å². The molecule has 4 rings (SSSR count). The lowest BCUT2D eigenvalue weighted by Gasteiger charge is -2.06. The Labute approximate surface area is 155 Å². The van der Waals surface area contributed by atoms with Gasteiger partial charge in [0.15, 0.2) is 16.7 Å². The number of hydrogen-bond acceptors (Lipinski definition) is 5. The van der Waals surface area contributed by atoms with Crippen molar-refractivity contribution in [2.75, 3.05) is 0 Å². The van der Waals surface area contributed by atoms with Gasteiger partial charge in [0, 0.05) is 18.5 Å². The van der Waals surface area contributed by atoms with Gasteiger partial charge >= 0.3 is 0 Å². The van der Waals surface area contributed by atoms with E-state index in [-0.39, 0.29) is 0 Å². The highest BCUT2D eigenvalue weighted by atomic mass is 32.2. The van der Waals surface area contributed by atoms with Crippen molar-refractivity contribution in [3.05, 3.63) is 65.7 Å². The van der Waals surface area contributed by atoms with Gasteiger partial charge in [-0.2, -0.15) is 5.10 Å². The molecule has 0 saturated heterocycles. The molecule has 0 aliphatic heterocycles. The fourth-order valence-electron chi connectivity index (χ4n) is 2.83. The van der Waals surface area contributed by atoms with Crippen molar-refractivity contribution < 1.29 is 4.42 Å². The second-order valence-corrected chi connectivity index (χ2v) is 7.08. The van der Waals surface area contributed by atoms with Crippen LogP contribution in [0.3, 0.4) is 0 Å². The average molecular weight is 365 g/mol. The van der Waals surface area contributed by atoms with E-state index >= 15 is 0 Å². The molecule has 4 aromatic rings. The van der Waals surface area contributed by atoms with Crippen molar-refractivity contribution in [3.63, 3.8) is 0 Å². The number of aromatic nitrogens is 5. The highest BCUT2D eigenvalue weighted by molar-refractivity contribution is 7.98. The van der Waals surface area contributed by atoms with Crippen LogP contribution in [0, 0.1) is 13.8 Å². The van der Waals surface area contributed by atoms with Gasteiger partial charge in [0.25, 0.3) is 0 Å².